The lowest BCUT2D eigenvalue weighted by atomic mass is 10.1. The van der Waals surface area contributed by atoms with E-state index in [-0.39, 0.29) is 0 Å². The summed E-state index contributed by atoms with van der Waals surface area (Å²) in [5.74, 6) is 1.52. The summed E-state index contributed by atoms with van der Waals surface area (Å²) in [4.78, 5) is 4.30. The topological polar surface area (TPSA) is 43.4 Å². The van der Waals surface area contributed by atoms with Gasteiger partial charge in [0.15, 0.2) is 11.5 Å². The second-order valence-corrected chi connectivity index (χ2v) is 4.91. The van der Waals surface area contributed by atoms with Gasteiger partial charge < -0.3 is 14.8 Å². The van der Waals surface area contributed by atoms with Crippen molar-refractivity contribution in [3.8, 4) is 11.5 Å². The van der Waals surface area contributed by atoms with Crippen molar-refractivity contribution in [2.45, 2.75) is 19.5 Å². The second kappa shape index (κ2) is 8.20. The molecule has 0 atom stereocenters. The lowest BCUT2D eigenvalue weighted by Crippen LogP contribution is -2.14. The van der Waals surface area contributed by atoms with Crippen LogP contribution in [0.2, 0.25) is 0 Å². The third kappa shape index (κ3) is 4.09. The largest absolute Gasteiger partial charge is 0.493 e. The molecule has 0 aliphatic rings. The van der Waals surface area contributed by atoms with Crippen molar-refractivity contribution in [1.29, 1.82) is 0 Å². The maximum atomic E-state index is 5.45. The predicted octanol–water partition coefficient (Wildman–Crippen LogP) is 3.12. The maximum Gasteiger partial charge on any atom is 0.164 e. The van der Waals surface area contributed by atoms with E-state index in [1.807, 2.05) is 30.3 Å². The van der Waals surface area contributed by atoms with Crippen LogP contribution in [0.15, 0.2) is 49.2 Å². The van der Waals surface area contributed by atoms with Crippen molar-refractivity contribution in [3.05, 3.63) is 66.0 Å². The molecule has 0 saturated carbocycles. The molecule has 0 aliphatic heterocycles. The number of ether oxygens (including phenoxy) is 2. The minimum absolute atomic E-state index is 0.728. The normalized spacial score (nSPS) is 10.3. The van der Waals surface area contributed by atoms with Crippen molar-refractivity contribution >= 4 is 0 Å². The van der Waals surface area contributed by atoms with Crippen LogP contribution in [0.3, 0.4) is 0 Å². The first-order valence-corrected chi connectivity index (χ1v) is 7.23. The van der Waals surface area contributed by atoms with E-state index in [0.717, 1.165) is 47.8 Å². The summed E-state index contributed by atoms with van der Waals surface area (Å²) < 4.78 is 10.9. The van der Waals surface area contributed by atoms with Crippen molar-refractivity contribution in [2.75, 3.05) is 14.2 Å². The smallest absolute Gasteiger partial charge is 0.164 e. The highest BCUT2D eigenvalue weighted by atomic mass is 16.5. The molecule has 1 aromatic carbocycles. The predicted molar refractivity (Wildman–Crippen MR) is 88.2 cm³/mol. The molecule has 1 N–H and O–H groups in total. The highest BCUT2D eigenvalue weighted by Gasteiger charge is 2.11. The van der Waals surface area contributed by atoms with Gasteiger partial charge in [-0.05, 0) is 30.2 Å². The fraction of sp³-hybridized carbons (Fsp3) is 0.278. The molecular weight excluding hydrogens is 276 g/mol. The van der Waals surface area contributed by atoms with E-state index in [1.165, 1.54) is 0 Å². The quantitative estimate of drug-likeness (QED) is 0.761. The first kappa shape index (κ1) is 16.0. The van der Waals surface area contributed by atoms with E-state index >= 15 is 0 Å². The minimum atomic E-state index is 0.728. The van der Waals surface area contributed by atoms with E-state index in [0.29, 0.717) is 0 Å². The Morgan fingerprint density at radius 1 is 1.18 bits per heavy atom. The van der Waals surface area contributed by atoms with E-state index in [2.05, 4.69) is 22.9 Å². The molecule has 0 radical (unpaired) electrons. The molecule has 0 saturated heterocycles. The molecule has 2 aromatic rings. The van der Waals surface area contributed by atoms with Crippen LogP contribution in [0.1, 0.15) is 16.8 Å². The minimum Gasteiger partial charge on any atom is -0.493 e. The number of allylic oxidation sites excluding steroid dienone is 1. The molecule has 2 rings (SSSR count). The summed E-state index contributed by atoms with van der Waals surface area (Å²) in [6.45, 7) is 5.26. The van der Waals surface area contributed by atoms with Crippen LogP contribution in [0, 0.1) is 0 Å². The van der Waals surface area contributed by atoms with Gasteiger partial charge in [-0.2, -0.15) is 0 Å². The van der Waals surface area contributed by atoms with Gasteiger partial charge in [0.1, 0.15) is 0 Å². The van der Waals surface area contributed by atoms with Crippen LogP contribution in [0.4, 0.5) is 0 Å². The van der Waals surface area contributed by atoms with Crippen LogP contribution in [-0.2, 0) is 19.5 Å². The molecule has 0 fully saturated rings. The van der Waals surface area contributed by atoms with E-state index in [1.54, 1.807) is 20.4 Å². The fourth-order valence-corrected chi connectivity index (χ4v) is 2.35. The number of aromatic nitrogens is 1. The molecule has 0 aliphatic carbocycles. The molecular formula is C18H22N2O2. The Kier molecular flexibility index (Phi) is 5.98. The highest BCUT2D eigenvalue weighted by Crippen LogP contribution is 2.33. The van der Waals surface area contributed by atoms with Crippen molar-refractivity contribution in [3.63, 3.8) is 0 Å². The zero-order chi connectivity index (χ0) is 15.8. The molecule has 0 spiro atoms. The van der Waals surface area contributed by atoms with E-state index in [4.69, 9.17) is 9.47 Å². The van der Waals surface area contributed by atoms with Gasteiger partial charge >= 0.3 is 0 Å². The number of nitrogens with one attached hydrogen (secondary N) is 1. The lowest BCUT2D eigenvalue weighted by Gasteiger charge is -2.14. The standard InChI is InChI=1S/C18H22N2O2/c1-4-7-15-10-14(11-17(21-2)18(15)22-3)12-19-13-16-8-5-6-9-20-16/h4-6,8-11,19H,1,7,12-13H2,2-3H3. The Bertz CT molecular complexity index is 612. The highest BCUT2D eigenvalue weighted by molar-refractivity contribution is 5.50. The Hall–Kier alpha value is -2.33. The van der Waals surface area contributed by atoms with Crippen molar-refractivity contribution in [2.24, 2.45) is 0 Å². The van der Waals surface area contributed by atoms with Gasteiger partial charge in [-0.3, -0.25) is 4.98 Å². The summed E-state index contributed by atoms with van der Waals surface area (Å²) in [5, 5.41) is 3.39. The molecule has 4 heteroatoms. The van der Waals surface area contributed by atoms with Crippen LogP contribution < -0.4 is 14.8 Å². The van der Waals surface area contributed by atoms with Crippen LogP contribution in [0.25, 0.3) is 0 Å². The molecule has 1 aromatic heterocycles. The molecule has 4 nitrogen and oxygen atoms in total. The third-order valence-corrected chi connectivity index (χ3v) is 3.34. The van der Waals surface area contributed by atoms with Gasteiger partial charge in [-0.25, -0.2) is 0 Å². The van der Waals surface area contributed by atoms with Crippen LogP contribution in [0.5, 0.6) is 11.5 Å². The van der Waals surface area contributed by atoms with Gasteiger partial charge in [0.05, 0.1) is 19.9 Å². The lowest BCUT2D eigenvalue weighted by molar-refractivity contribution is 0.351. The average Bonchev–Trinajstić information content (AvgIpc) is 2.55. The summed E-state index contributed by atoms with van der Waals surface area (Å²) in [6.07, 6.45) is 4.41. The zero-order valence-electron chi connectivity index (χ0n) is 13.1. The Morgan fingerprint density at radius 2 is 2.05 bits per heavy atom. The summed E-state index contributed by atoms with van der Waals surface area (Å²) in [5.41, 5.74) is 3.24. The molecule has 1 heterocycles. The number of hydrogen-bond acceptors (Lipinski definition) is 4. The van der Waals surface area contributed by atoms with Crippen molar-refractivity contribution in [1.82, 2.24) is 10.3 Å². The van der Waals surface area contributed by atoms with E-state index in [9.17, 15) is 0 Å². The first-order chi connectivity index (χ1) is 10.8. The van der Waals surface area contributed by atoms with Gasteiger partial charge in [0, 0.05) is 24.8 Å². The molecule has 22 heavy (non-hydrogen) atoms. The molecule has 0 unspecified atom stereocenters. The van der Waals surface area contributed by atoms with Crippen molar-refractivity contribution < 1.29 is 9.47 Å². The van der Waals surface area contributed by atoms with E-state index < -0.39 is 0 Å². The summed E-state index contributed by atoms with van der Waals surface area (Å²) in [6, 6.07) is 10.0. The third-order valence-electron chi connectivity index (χ3n) is 3.34. The molecule has 0 bridgehead atoms. The number of nitrogens with zero attached hydrogens (tertiary/aromatic N) is 1. The first-order valence-electron chi connectivity index (χ1n) is 7.23. The Morgan fingerprint density at radius 3 is 2.68 bits per heavy atom. The monoisotopic (exact) mass is 298 g/mol. The van der Waals surface area contributed by atoms with Gasteiger partial charge in [-0.15, -0.1) is 6.58 Å². The average molecular weight is 298 g/mol. The Labute approximate surface area is 131 Å². The fourth-order valence-electron chi connectivity index (χ4n) is 2.35. The maximum absolute atomic E-state index is 5.45. The number of rotatable bonds is 8. The SMILES string of the molecule is C=CCc1cc(CNCc2ccccn2)cc(OC)c1OC. The zero-order valence-corrected chi connectivity index (χ0v) is 13.1. The van der Waals surface area contributed by atoms with Gasteiger partial charge in [0.2, 0.25) is 0 Å². The number of methoxy groups -OCH3 is 2. The molecule has 0 amide bonds. The van der Waals surface area contributed by atoms with Crippen LogP contribution in [-0.4, -0.2) is 19.2 Å². The second-order valence-electron chi connectivity index (χ2n) is 4.91. The summed E-state index contributed by atoms with van der Waals surface area (Å²) >= 11 is 0. The number of benzene rings is 1. The van der Waals surface area contributed by atoms with Gasteiger partial charge in [-0.1, -0.05) is 18.2 Å². The van der Waals surface area contributed by atoms with Gasteiger partial charge in [0.25, 0.3) is 0 Å². The molecule has 116 valence electrons. The van der Waals surface area contributed by atoms with Crippen LogP contribution >= 0.6 is 0 Å². The summed E-state index contributed by atoms with van der Waals surface area (Å²) in [7, 11) is 3.31. The Balaban J connectivity index is 2.09. The number of hydrogen-bond donors (Lipinski definition) is 1. The number of pyridine rings is 1.